The molecule has 18 heavy (non-hydrogen) atoms. The van der Waals surface area contributed by atoms with E-state index in [9.17, 15) is 0 Å². The number of halogens is 1. The Morgan fingerprint density at radius 2 is 2.11 bits per heavy atom. The van der Waals surface area contributed by atoms with Crippen molar-refractivity contribution in [2.45, 2.75) is 39.3 Å². The second-order valence-electron chi connectivity index (χ2n) is 4.65. The van der Waals surface area contributed by atoms with Crippen LogP contribution < -0.4 is 14.8 Å². The minimum Gasteiger partial charge on any atom is -0.489 e. The van der Waals surface area contributed by atoms with Crippen molar-refractivity contribution in [3.8, 4) is 11.5 Å². The van der Waals surface area contributed by atoms with Crippen molar-refractivity contribution >= 4 is 11.6 Å². The van der Waals surface area contributed by atoms with Crippen molar-refractivity contribution in [3.63, 3.8) is 0 Å². The lowest BCUT2D eigenvalue weighted by Crippen LogP contribution is -2.24. The monoisotopic (exact) mass is 269 g/mol. The summed E-state index contributed by atoms with van der Waals surface area (Å²) in [6, 6.07) is 4.46. The summed E-state index contributed by atoms with van der Waals surface area (Å²) in [5.41, 5.74) is 1.13. The molecule has 1 N–H and O–H groups in total. The molecule has 2 rings (SSSR count). The molecule has 4 heteroatoms. The van der Waals surface area contributed by atoms with E-state index in [0.717, 1.165) is 30.7 Å². The van der Waals surface area contributed by atoms with Crippen molar-refractivity contribution in [1.29, 1.82) is 0 Å². The zero-order chi connectivity index (χ0) is 13.0. The molecule has 1 aliphatic rings. The van der Waals surface area contributed by atoms with Crippen LogP contribution in [0.4, 0.5) is 0 Å². The third kappa shape index (κ3) is 3.30. The summed E-state index contributed by atoms with van der Waals surface area (Å²) in [6.45, 7) is 6.48. The van der Waals surface area contributed by atoms with Gasteiger partial charge in [0, 0.05) is 19.0 Å². The van der Waals surface area contributed by atoms with Crippen molar-refractivity contribution in [2.24, 2.45) is 0 Å². The van der Waals surface area contributed by atoms with Crippen LogP contribution in [0, 0.1) is 0 Å². The number of nitrogens with one attached hydrogen (secondary N) is 1. The number of hydrogen-bond donors (Lipinski definition) is 1. The standard InChI is InChI=1S/C14H20ClNO2/c1-3-10(2)16-9-11-7-12(15)14-13(8-11)17-5-4-6-18-14/h7-8,10,16H,3-6,9H2,1-2H3. The fourth-order valence-corrected chi connectivity index (χ4v) is 2.11. The normalized spacial score (nSPS) is 16.2. The molecule has 1 heterocycles. The first-order valence-corrected chi connectivity index (χ1v) is 6.90. The van der Waals surface area contributed by atoms with Gasteiger partial charge in [-0.05, 0) is 31.0 Å². The minimum atomic E-state index is 0.500. The summed E-state index contributed by atoms with van der Waals surface area (Å²) in [5.74, 6) is 1.45. The lowest BCUT2D eigenvalue weighted by atomic mass is 10.1. The molecule has 1 atom stereocenters. The van der Waals surface area contributed by atoms with Crippen molar-refractivity contribution in [2.75, 3.05) is 13.2 Å². The minimum absolute atomic E-state index is 0.500. The average molecular weight is 270 g/mol. The predicted molar refractivity (Wildman–Crippen MR) is 73.7 cm³/mol. The maximum absolute atomic E-state index is 6.24. The van der Waals surface area contributed by atoms with Crippen LogP contribution in [0.1, 0.15) is 32.3 Å². The average Bonchev–Trinajstić information content (AvgIpc) is 2.61. The Bertz CT molecular complexity index is 409. The van der Waals surface area contributed by atoms with E-state index in [1.54, 1.807) is 0 Å². The number of fused-ring (bicyclic) bond motifs is 1. The summed E-state index contributed by atoms with van der Waals surface area (Å²) < 4.78 is 11.3. The van der Waals surface area contributed by atoms with Crippen molar-refractivity contribution < 1.29 is 9.47 Å². The van der Waals surface area contributed by atoms with Gasteiger partial charge in [0.2, 0.25) is 0 Å². The number of rotatable bonds is 4. The summed E-state index contributed by atoms with van der Waals surface area (Å²) >= 11 is 6.24. The molecule has 0 bridgehead atoms. The van der Waals surface area contributed by atoms with Crippen LogP contribution in [0.3, 0.4) is 0 Å². The van der Waals surface area contributed by atoms with Crippen molar-refractivity contribution in [3.05, 3.63) is 22.7 Å². The number of ether oxygens (including phenoxy) is 2. The van der Waals surface area contributed by atoms with E-state index in [1.807, 2.05) is 12.1 Å². The van der Waals surface area contributed by atoms with Gasteiger partial charge in [0.05, 0.1) is 18.2 Å². The molecule has 100 valence electrons. The van der Waals surface area contributed by atoms with Crippen LogP contribution in [-0.4, -0.2) is 19.3 Å². The molecule has 0 aromatic heterocycles. The maximum Gasteiger partial charge on any atom is 0.179 e. The van der Waals surface area contributed by atoms with E-state index in [4.69, 9.17) is 21.1 Å². The van der Waals surface area contributed by atoms with Crippen molar-refractivity contribution in [1.82, 2.24) is 5.32 Å². The fourth-order valence-electron chi connectivity index (χ4n) is 1.82. The molecular formula is C14H20ClNO2. The highest BCUT2D eigenvalue weighted by Gasteiger charge is 2.15. The van der Waals surface area contributed by atoms with Gasteiger partial charge >= 0.3 is 0 Å². The smallest absolute Gasteiger partial charge is 0.179 e. The van der Waals surface area contributed by atoms with Gasteiger partial charge in [-0.15, -0.1) is 0 Å². The van der Waals surface area contributed by atoms with E-state index in [0.29, 0.717) is 30.0 Å². The Kier molecular flexibility index (Phi) is 4.72. The van der Waals surface area contributed by atoms with Gasteiger partial charge in [0.15, 0.2) is 11.5 Å². The fraction of sp³-hybridized carbons (Fsp3) is 0.571. The molecule has 0 aliphatic carbocycles. The first-order chi connectivity index (χ1) is 8.70. The van der Waals surface area contributed by atoms with Gasteiger partial charge in [0.1, 0.15) is 0 Å². The zero-order valence-corrected chi connectivity index (χ0v) is 11.7. The third-order valence-corrected chi connectivity index (χ3v) is 3.41. The van der Waals surface area contributed by atoms with E-state index in [1.165, 1.54) is 0 Å². The van der Waals surface area contributed by atoms with E-state index in [2.05, 4.69) is 19.2 Å². The lowest BCUT2D eigenvalue weighted by Gasteiger charge is -2.14. The maximum atomic E-state index is 6.24. The van der Waals surface area contributed by atoms with Gasteiger partial charge in [0.25, 0.3) is 0 Å². The lowest BCUT2D eigenvalue weighted by molar-refractivity contribution is 0.297. The van der Waals surface area contributed by atoms with Crippen LogP contribution >= 0.6 is 11.6 Å². The number of benzene rings is 1. The SMILES string of the molecule is CCC(C)NCc1cc(Cl)c2c(c1)OCCCO2. The van der Waals surface area contributed by atoms with Gasteiger partial charge in [-0.1, -0.05) is 18.5 Å². The Hall–Kier alpha value is -0.930. The first kappa shape index (κ1) is 13.5. The highest BCUT2D eigenvalue weighted by atomic mass is 35.5. The Morgan fingerprint density at radius 3 is 2.89 bits per heavy atom. The highest BCUT2D eigenvalue weighted by Crippen LogP contribution is 2.37. The first-order valence-electron chi connectivity index (χ1n) is 6.52. The molecule has 3 nitrogen and oxygen atoms in total. The van der Waals surface area contributed by atoms with Crippen LogP contribution in [0.15, 0.2) is 12.1 Å². The summed E-state index contributed by atoms with van der Waals surface area (Å²) in [7, 11) is 0. The predicted octanol–water partition coefficient (Wildman–Crippen LogP) is 3.39. The summed E-state index contributed by atoms with van der Waals surface area (Å²) in [6.07, 6.45) is 2.00. The molecule has 1 aliphatic heterocycles. The highest BCUT2D eigenvalue weighted by molar-refractivity contribution is 6.32. The van der Waals surface area contributed by atoms with Crippen LogP contribution in [0.25, 0.3) is 0 Å². The van der Waals surface area contributed by atoms with Crippen LogP contribution in [-0.2, 0) is 6.54 Å². The number of hydrogen-bond acceptors (Lipinski definition) is 3. The van der Waals surface area contributed by atoms with Crippen LogP contribution in [0.2, 0.25) is 5.02 Å². The van der Waals surface area contributed by atoms with Gasteiger partial charge in [-0.2, -0.15) is 0 Å². The summed E-state index contributed by atoms with van der Waals surface area (Å²) in [4.78, 5) is 0. The molecule has 0 radical (unpaired) electrons. The molecule has 1 unspecified atom stereocenters. The third-order valence-electron chi connectivity index (χ3n) is 3.13. The molecule has 0 saturated carbocycles. The molecule has 1 aromatic rings. The molecule has 0 spiro atoms. The Morgan fingerprint density at radius 1 is 1.33 bits per heavy atom. The topological polar surface area (TPSA) is 30.5 Å². The molecule has 0 saturated heterocycles. The van der Waals surface area contributed by atoms with Gasteiger partial charge < -0.3 is 14.8 Å². The molecule has 0 fully saturated rings. The van der Waals surface area contributed by atoms with E-state index in [-0.39, 0.29) is 0 Å². The van der Waals surface area contributed by atoms with Gasteiger partial charge in [-0.3, -0.25) is 0 Å². The van der Waals surface area contributed by atoms with Gasteiger partial charge in [-0.25, -0.2) is 0 Å². The molecular weight excluding hydrogens is 250 g/mol. The Balaban J connectivity index is 2.13. The van der Waals surface area contributed by atoms with Crippen LogP contribution in [0.5, 0.6) is 11.5 Å². The molecule has 0 amide bonds. The summed E-state index contributed by atoms with van der Waals surface area (Å²) in [5, 5.41) is 4.08. The largest absolute Gasteiger partial charge is 0.489 e. The quantitative estimate of drug-likeness (QED) is 0.909. The van der Waals surface area contributed by atoms with E-state index >= 15 is 0 Å². The molecule has 1 aromatic carbocycles. The van der Waals surface area contributed by atoms with E-state index < -0.39 is 0 Å². The zero-order valence-electron chi connectivity index (χ0n) is 11.0. The second-order valence-corrected chi connectivity index (χ2v) is 5.05. The Labute approximate surface area is 113 Å². The second kappa shape index (κ2) is 6.30.